The van der Waals surface area contributed by atoms with Gasteiger partial charge in [0.15, 0.2) is 0 Å². The largest absolute Gasteiger partial charge is 0.361 e. The van der Waals surface area contributed by atoms with E-state index in [9.17, 15) is 18.8 Å². The first-order chi connectivity index (χ1) is 13.5. The van der Waals surface area contributed by atoms with E-state index in [-0.39, 0.29) is 25.5 Å². The van der Waals surface area contributed by atoms with Crippen LogP contribution >= 0.6 is 22.6 Å². The molecule has 1 aromatic heterocycles. The Kier molecular flexibility index (Phi) is 6.34. The summed E-state index contributed by atoms with van der Waals surface area (Å²) in [7, 11) is 0.301. The minimum absolute atomic E-state index is 0.121. The number of carbonyl (C=O) groups is 2. The molecular formula is C19H25FIN3O4Si. The third-order valence-corrected chi connectivity index (χ3v) is 7.67. The number of fused-ring (bicyclic) bond motifs is 1. The van der Waals surface area contributed by atoms with Crippen LogP contribution in [0.15, 0.2) is 16.9 Å². The lowest BCUT2D eigenvalue weighted by Crippen LogP contribution is -2.48. The zero-order chi connectivity index (χ0) is 21.5. The van der Waals surface area contributed by atoms with E-state index in [4.69, 9.17) is 4.74 Å². The van der Waals surface area contributed by atoms with Gasteiger partial charge in [0.2, 0.25) is 5.91 Å². The van der Waals surface area contributed by atoms with Crippen LogP contribution in [-0.2, 0) is 21.4 Å². The molecule has 0 N–H and O–H groups in total. The molecule has 2 heterocycles. The fraction of sp³-hybridized carbons (Fsp3) is 0.526. The predicted molar refractivity (Wildman–Crippen MR) is 119 cm³/mol. The summed E-state index contributed by atoms with van der Waals surface area (Å²) >= 11 is 1.87. The summed E-state index contributed by atoms with van der Waals surface area (Å²) in [5, 5.41) is 0. The van der Waals surface area contributed by atoms with Crippen LogP contribution in [0.4, 0.5) is 4.39 Å². The summed E-state index contributed by atoms with van der Waals surface area (Å²) in [4.78, 5) is 39.3. The van der Waals surface area contributed by atoms with Gasteiger partial charge in [0, 0.05) is 34.2 Å². The normalized spacial score (nSPS) is 18.1. The first kappa shape index (κ1) is 22.2. The van der Waals surface area contributed by atoms with Crippen molar-refractivity contribution in [3.63, 3.8) is 0 Å². The number of benzene rings is 1. The zero-order valence-corrected chi connectivity index (χ0v) is 20.2. The molecule has 1 aliphatic heterocycles. The van der Waals surface area contributed by atoms with Gasteiger partial charge < -0.3 is 4.74 Å². The van der Waals surface area contributed by atoms with Crippen LogP contribution in [0.5, 0.6) is 0 Å². The number of hydrogen-bond acceptors (Lipinski definition) is 4. The van der Waals surface area contributed by atoms with Crippen LogP contribution in [0.2, 0.25) is 25.7 Å². The highest BCUT2D eigenvalue weighted by Crippen LogP contribution is 2.28. The van der Waals surface area contributed by atoms with Crippen molar-refractivity contribution in [2.45, 2.75) is 44.6 Å². The minimum atomic E-state index is -1.29. The minimum Gasteiger partial charge on any atom is -0.361 e. The highest BCUT2D eigenvalue weighted by molar-refractivity contribution is 14.1. The lowest BCUT2D eigenvalue weighted by Gasteiger charge is -2.31. The molecule has 7 nitrogen and oxygen atoms in total. The van der Waals surface area contributed by atoms with Crippen molar-refractivity contribution in [2.24, 2.45) is 7.05 Å². The average molecular weight is 533 g/mol. The molecule has 158 valence electrons. The molecule has 1 aliphatic rings. The van der Waals surface area contributed by atoms with Gasteiger partial charge in [-0.25, -0.2) is 9.18 Å². The lowest BCUT2D eigenvalue weighted by molar-refractivity contribution is -0.157. The number of likely N-dealkylation sites (tertiary alicyclic amines) is 1. The number of nitrogens with zero attached hydrogens (tertiary/aromatic N) is 3. The number of aromatic nitrogens is 2. The molecule has 0 bridgehead atoms. The molecule has 1 unspecified atom stereocenters. The topological polar surface area (TPSA) is 73.5 Å². The average Bonchev–Trinajstić information content (AvgIpc) is 2.85. The van der Waals surface area contributed by atoms with E-state index in [0.29, 0.717) is 21.2 Å². The van der Waals surface area contributed by atoms with Gasteiger partial charge in [-0.3, -0.25) is 23.6 Å². The molecule has 0 saturated carbocycles. The molecule has 0 aliphatic carbocycles. The number of hydrogen-bond donors (Lipinski definition) is 0. The number of imidazole rings is 1. The maximum atomic E-state index is 14.2. The van der Waals surface area contributed by atoms with E-state index in [1.54, 1.807) is 13.1 Å². The molecule has 2 amide bonds. The Morgan fingerprint density at radius 3 is 2.55 bits per heavy atom. The van der Waals surface area contributed by atoms with E-state index in [1.807, 2.05) is 22.6 Å². The number of amides is 2. The Morgan fingerprint density at radius 1 is 1.21 bits per heavy atom. The van der Waals surface area contributed by atoms with Crippen molar-refractivity contribution in [1.29, 1.82) is 0 Å². The maximum absolute atomic E-state index is 14.2. The third-order valence-electron chi connectivity index (χ3n) is 5.14. The SMILES string of the molecule is Cn1c(=O)n(C2CCC(=O)N(COCC[Si](C)(C)C)C2=O)c2cc(F)c(I)cc21. The molecule has 2 aromatic rings. The third kappa shape index (κ3) is 4.48. The summed E-state index contributed by atoms with van der Waals surface area (Å²) in [6.07, 6.45) is 0.333. The molecular weight excluding hydrogens is 508 g/mol. The summed E-state index contributed by atoms with van der Waals surface area (Å²) in [6.45, 7) is 7.02. The molecule has 0 spiro atoms. The molecule has 0 radical (unpaired) electrons. The van der Waals surface area contributed by atoms with Gasteiger partial charge in [0.05, 0.1) is 14.6 Å². The second kappa shape index (κ2) is 8.30. The molecule has 1 atom stereocenters. The fourth-order valence-corrected chi connectivity index (χ4v) is 4.59. The van der Waals surface area contributed by atoms with Gasteiger partial charge in [0.25, 0.3) is 5.91 Å². The lowest BCUT2D eigenvalue weighted by atomic mass is 10.0. The number of ether oxygens (including phenoxy) is 1. The van der Waals surface area contributed by atoms with Gasteiger partial charge in [-0.2, -0.15) is 0 Å². The molecule has 1 fully saturated rings. The van der Waals surface area contributed by atoms with Gasteiger partial charge in [-0.15, -0.1) is 0 Å². The Bertz CT molecular complexity index is 1030. The summed E-state index contributed by atoms with van der Waals surface area (Å²) in [5.74, 6) is -1.25. The van der Waals surface area contributed by atoms with Crippen LogP contribution in [0.3, 0.4) is 0 Å². The Morgan fingerprint density at radius 2 is 1.90 bits per heavy atom. The molecule has 1 saturated heterocycles. The van der Waals surface area contributed by atoms with Gasteiger partial charge >= 0.3 is 5.69 Å². The summed E-state index contributed by atoms with van der Waals surface area (Å²) in [5.41, 5.74) is 0.486. The Hall–Kier alpha value is -1.53. The highest BCUT2D eigenvalue weighted by atomic mass is 127. The molecule has 1 aromatic carbocycles. The van der Waals surface area contributed by atoms with Crippen LogP contribution < -0.4 is 5.69 Å². The van der Waals surface area contributed by atoms with Crippen molar-refractivity contribution in [3.05, 3.63) is 32.0 Å². The van der Waals surface area contributed by atoms with E-state index < -0.39 is 31.5 Å². The number of rotatable bonds is 6. The van der Waals surface area contributed by atoms with Crippen LogP contribution in [0.1, 0.15) is 18.9 Å². The number of carbonyl (C=O) groups excluding carboxylic acids is 2. The fourth-order valence-electron chi connectivity index (χ4n) is 3.39. The molecule has 3 rings (SSSR count). The van der Waals surface area contributed by atoms with Crippen molar-refractivity contribution < 1.29 is 18.7 Å². The standard InChI is InChI=1S/C19H25FIN3O4Si/c1-22-15-10-13(21)12(20)9-16(15)24(19(22)27)14-5-6-17(25)23(18(14)26)11-28-7-8-29(2,3)4/h9-10,14H,5-8,11H2,1-4H3. The second-order valence-corrected chi connectivity index (χ2v) is 15.3. The van der Waals surface area contributed by atoms with Crippen LogP contribution in [0, 0.1) is 9.39 Å². The van der Waals surface area contributed by atoms with E-state index in [0.717, 1.165) is 10.9 Å². The van der Waals surface area contributed by atoms with E-state index in [2.05, 4.69) is 19.6 Å². The zero-order valence-electron chi connectivity index (χ0n) is 17.0. The number of imide groups is 1. The predicted octanol–water partition coefficient (Wildman–Crippen LogP) is 3.09. The van der Waals surface area contributed by atoms with Gasteiger partial charge in [-0.1, -0.05) is 19.6 Å². The number of aryl methyl sites for hydroxylation is 1. The highest BCUT2D eigenvalue weighted by Gasteiger charge is 2.37. The van der Waals surface area contributed by atoms with Gasteiger partial charge in [0.1, 0.15) is 18.6 Å². The monoisotopic (exact) mass is 533 g/mol. The summed E-state index contributed by atoms with van der Waals surface area (Å²) < 4.78 is 22.9. The Balaban J connectivity index is 1.89. The van der Waals surface area contributed by atoms with E-state index >= 15 is 0 Å². The van der Waals surface area contributed by atoms with Crippen LogP contribution in [0.25, 0.3) is 11.0 Å². The first-order valence-corrected chi connectivity index (χ1v) is 14.3. The quantitative estimate of drug-likeness (QED) is 0.248. The maximum Gasteiger partial charge on any atom is 0.329 e. The van der Waals surface area contributed by atoms with Crippen molar-refractivity contribution >= 4 is 53.5 Å². The molecule has 10 heteroatoms. The Labute approximate surface area is 183 Å². The van der Waals surface area contributed by atoms with Crippen molar-refractivity contribution in [1.82, 2.24) is 14.0 Å². The second-order valence-electron chi connectivity index (χ2n) is 8.53. The summed E-state index contributed by atoms with van der Waals surface area (Å²) in [6, 6.07) is 2.92. The smallest absolute Gasteiger partial charge is 0.329 e. The first-order valence-electron chi connectivity index (χ1n) is 9.49. The molecule has 29 heavy (non-hydrogen) atoms. The number of piperidine rings is 1. The number of halogens is 2. The van der Waals surface area contributed by atoms with Gasteiger partial charge in [-0.05, 0) is 41.1 Å². The van der Waals surface area contributed by atoms with Crippen molar-refractivity contribution in [3.8, 4) is 0 Å². The van der Waals surface area contributed by atoms with Crippen LogP contribution in [-0.4, -0.2) is 47.3 Å². The van der Waals surface area contributed by atoms with E-state index in [1.165, 1.54) is 15.2 Å². The van der Waals surface area contributed by atoms with Crippen molar-refractivity contribution in [2.75, 3.05) is 13.3 Å².